The third-order valence-electron chi connectivity index (χ3n) is 6.23. The second-order valence-corrected chi connectivity index (χ2v) is 8.47. The molecule has 2 aliphatic rings. The number of rotatable bonds is 5. The molecule has 0 spiro atoms. The standard InChI is InChI=1S/C25H29N5O3/c1-3-23(31)30-9-8-21-18(16-30)14-22(33-21)24-17(2)15-26-25(28-24)27-19-4-6-20(7-5-19)29-10-12-32-13-11-29/h4-7,14-15H,3,8-13,16H2,1-2H3,(H,26,27,28). The SMILES string of the molecule is CCC(=O)N1CCc2oc(-c3nc(Nc4ccc(N5CCOCC5)cc4)ncc3C)cc2C1. The predicted octanol–water partition coefficient (Wildman–Crippen LogP) is 3.92. The van der Waals surface area contributed by atoms with Gasteiger partial charge < -0.3 is 24.3 Å². The molecule has 1 amide bonds. The van der Waals surface area contributed by atoms with Crippen molar-refractivity contribution in [2.45, 2.75) is 33.2 Å². The number of ether oxygens (including phenoxy) is 1. The molecule has 1 fully saturated rings. The van der Waals surface area contributed by atoms with Gasteiger partial charge in [-0.15, -0.1) is 0 Å². The average molecular weight is 448 g/mol. The number of morpholine rings is 1. The Morgan fingerprint density at radius 2 is 1.94 bits per heavy atom. The summed E-state index contributed by atoms with van der Waals surface area (Å²) in [5, 5.41) is 3.30. The van der Waals surface area contributed by atoms with Crippen molar-refractivity contribution >= 4 is 23.2 Å². The first kappa shape index (κ1) is 21.5. The molecule has 2 aromatic heterocycles. The van der Waals surface area contributed by atoms with E-state index < -0.39 is 0 Å². The van der Waals surface area contributed by atoms with Crippen LogP contribution in [0.3, 0.4) is 0 Å². The number of hydrogen-bond acceptors (Lipinski definition) is 7. The van der Waals surface area contributed by atoms with Gasteiger partial charge in [0, 0.05) is 62.2 Å². The first-order valence-electron chi connectivity index (χ1n) is 11.5. The van der Waals surface area contributed by atoms with Crippen molar-refractivity contribution in [1.82, 2.24) is 14.9 Å². The second-order valence-electron chi connectivity index (χ2n) is 8.47. The molecule has 172 valence electrons. The number of nitrogens with one attached hydrogen (secondary N) is 1. The zero-order valence-electron chi connectivity index (χ0n) is 19.1. The van der Waals surface area contributed by atoms with Crippen LogP contribution in [0.5, 0.6) is 0 Å². The van der Waals surface area contributed by atoms with Gasteiger partial charge in [-0.1, -0.05) is 6.92 Å². The molecule has 4 heterocycles. The van der Waals surface area contributed by atoms with Crippen molar-refractivity contribution in [3.63, 3.8) is 0 Å². The summed E-state index contributed by atoms with van der Waals surface area (Å²) in [6.45, 7) is 8.52. The van der Waals surface area contributed by atoms with Crippen molar-refractivity contribution in [1.29, 1.82) is 0 Å². The molecule has 0 aliphatic carbocycles. The van der Waals surface area contributed by atoms with E-state index in [1.165, 1.54) is 5.69 Å². The van der Waals surface area contributed by atoms with Crippen LogP contribution < -0.4 is 10.2 Å². The summed E-state index contributed by atoms with van der Waals surface area (Å²) < 4.78 is 11.6. The van der Waals surface area contributed by atoms with Crippen LogP contribution in [0.1, 0.15) is 30.2 Å². The van der Waals surface area contributed by atoms with Gasteiger partial charge in [-0.25, -0.2) is 9.97 Å². The molecule has 3 aromatic rings. The fraction of sp³-hybridized carbons (Fsp3) is 0.400. The Labute approximate surface area is 193 Å². The number of anilines is 3. The van der Waals surface area contributed by atoms with Gasteiger partial charge in [0.15, 0.2) is 5.76 Å². The number of furan rings is 1. The number of benzene rings is 1. The Hall–Kier alpha value is -3.39. The highest BCUT2D eigenvalue weighted by Crippen LogP contribution is 2.31. The van der Waals surface area contributed by atoms with E-state index in [9.17, 15) is 4.79 Å². The van der Waals surface area contributed by atoms with Crippen molar-refractivity contribution in [2.24, 2.45) is 0 Å². The number of aryl methyl sites for hydroxylation is 1. The van der Waals surface area contributed by atoms with Crippen molar-refractivity contribution in [3.8, 4) is 11.5 Å². The zero-order valence-corrected chi connectivity index (χ0v) is 19.1. The number of carbonyl (C=O) groups excluding carboxylic acids is 1. The summed E-state index contributed by atoms with van der Waals surface area (Å²) in [6.07, 6.45) is 3.06. The van der Waals surface area contributed by atoms with Gasteiger partial charge in [-0.3, -0.25) is 4.79 Å². The Morgan fingerprint density at radius 3 is 2.70 bits per heavy atom. The van der Waals surface area contributed by atoms with Crippen LogP contribution in [0.4, 0.5) is 17.3 Å². The summed E-state index contributed by atoms with van der Waals surface area (Å²) in [4.78, 5) is 25.5. The van der Waals surface area contributed by atoms with Gasteiger partial charge in [0.25, 0.3) is 0 Å². The third-order valence-corrected chi connectivity index (χ3v) is 6.23. The maximum absolute atomic E-state index is 12.1. The Balaban J connectivity index is 1.33. The van der Waals surface area contributed by atoms with Gasteiger partial charge >= 0.3 is 0 Å². The highest BCUT2D eigenvalue weighted by Gasteiger charge is 2.24. The van der Waals surface area contributed by atoms with Gasteiger partial charge in [0.1, 0.15) is 11.5 Å². The van der Waals surface area contributed by atoms with Crippen LogP contribution in [0.2, 0.25) is 0 Å². The lowest BCUT2D eigenvalue weighted by molar-refractivity contribution is -0.131. The van der Waals surface area contributed by atoms with E-state index in [1.807, 2.05) is 36.9 Å². The van der Waals surface area contributed by atoms with Crippen LogP contribution in [0, 0.1) is 6.92 Å². The second kappa shape index (κ2) is 9.23. The van der Waals surface area contributed by atoms with Gasteiger partial charge in [-0.05, 0) is 42.8 Å². The summed E-state index contributed by atoms with van der Waals surface area (Å²) in [5.41, 5.74) is 4.88. The van der Waals surface area contributed by atoms with E-state index in [0.29, 0.717) is 25.5 Å². The van der Waals surface area contributed by atoms with Gasteiger partial charge in [0.05, 0.1) is 13.2 Å². The summed E-state index contributed by atoms with van der Waals surface area (Å²) in [7, 11) is 0. The Kier molecular flexibility index (Phi) is 6.00. The predicted molar refractivity (Wildman–Crippen MR) is 127 cm³/mol. The smallest absolute Gasteiger partial charge is 0.227 e. The Bertz CT molecular complexity index is 1140. The lowest BCUT2D eigenvalue weighted by Crippen LogP contribution is -2.36. The third kappa shape index (κ3) is 4.57. The maximum Gasteiger partial charge on any atom is 0.227 e. The average Bonchev–Trinajstić information content (AvgIpc) is 3.29. The lowest BCUT2D eigenvalue weighted by atomic mass is 10.1. The normalized spacial score (nSPS) is 15.9. The first-order valence-corrected chi connectivity index (χ1v) is 11.5. The Morgan fingerprint density at radius 1 is 1.15 bits per heavy atom. The number of nitrogens with zero attached hydrogens (tertiary/aromatic N) is 4. The van der Waals surface area contributed by atoms with E-state index in [0.717, 1.165) is 66.8 Å². The number of aromatic nitrogens is 2. The first-order chi connectivity index (χ1) is 16.1. The largest absolute Gasteiger partial charge is 0.459 e. The minimum absolute atomic E-state index is 0.174. The van der Waals surface area contributed by atoms with E-state index in [-0.39, 0.29) is 5.91 Å². The van der Waals surface area contributed by atoms with Crippen LogP contribution in [-0.4, -0.2) is 53.6 Å². The highest BCUT2D eigenvalue weighted by molar-refractivity contribution is 5.76. The fourth-order valence-electron chi connectivity index (χ4n) is 4.34. The van der Waals surface area contributed by atoms with Crippen molar-refractivity contribution in [2.75, 3.05) is 43.1 Å². The van der Waals surface area contributed by atoms with Crippen LogP contribution in [0.15, 0.2) is 40.9 Å². The van der Waals surface area contributed by atoms with Gasteiger partial charge in [0.2, 0.25) is 11.9 Å². The molecule has 0 bridgehead atoms. The molecule has 0 saturated carbocycles. The number of carbonyl (C=O) groups is 1. The number of amides is 1. The van der Waals surface area contributed by atoms with Crippen LogP contribution in [-0.2, 0) is 22.5 Å². The highest BCUT2D eigenvalue weighted by atomic mass is 16.5. The molecule has 33 heavy (non-hydrogen) atoms. The van der Waals surface area contributed by atoms with E-state index >= 15 is 0 Å². The van der Waals surface area contributed by atoms with Crippen molar-refractivity contribution in [3.05, 3.63) is 53.4 Å². The summed E-state index contributed by atoms with van der Waals surface area (Å²) in [6, 6.07) is 10.3. The maximum atomic E-state index is 12.1. The molecule has 0 radical (unpaired) electrons. The van der Waals surface area contributed by atoms with E-state index in [4.69, 9.17) is 14.1 Å². The lowest BCUT2D eigenvalue weighted by Gasteiger charge is -2.28. The molecule has 5 rings (SSSR count). The summed E-state index contributed by atoms with van der Waals surface area (Å²) >= 11 is 0. The molecule has 8 heteroatoms. The van der Waals surface area contributed by atoms with E-state index in [1.54, 1.807) is 6.20 Å². The fourth-order valence-corrected chi connectivity index (χ4v) is 4.34. The molecule has 1 saturated heterocycles. The number of fused-ring (bicyclic) bond motifs is 1. The quantitative estimate of drug-likeness (QED) is 0.635. The van der Waals surface area contributed by atoms with E-state index in [2.05, 4.69) is 27.3 Å². The molecule has 1 N–H and O–H groups in total. The molecular formula is C25H29N5O3. The number of hydrogen-bond donors (Lipinski definition) is 1. The molecule has 8 nitrogen and oxygen atoms in total. The molecule has 0 unspecified atom stereocenters. The van der Waals surface area contributed by atoms with Crippen LogP contribution in [0.25, 0.3) is 11.5 Å². The molecular weight excluding hydrogens is 418 g/mol. The minimum Gasteiger partial charge on any atom is -0.459 e. The van der Waals surface area contributed by atoms with Gasteiger partial charge in [-0.2, -0.15) is 0 Å². The molecule has 0 atom stereocenters. The topological polar surface area (TPSA) is 83.7 Å². The molecule has 2 aliphatic heterocycles. The van der Waals surface area contributed by atoms with Crippen LogP contribution >= 0.6 is 0 Å². The summed E-state index contributed by atoms with van der Waals surface area (Å²) in [5.74, 6) is 2.35. The molecule has 1 aromatic carbocycles. The monoisotopic (exact) mass is 447 g/mol. The van der Waals surface area contributed by atoms with Crippen molar-refractivity contribution < 1.29 is 13.9 Å². The minimum atomic E-state index is 0.174. The zero-order chi connectivity index (χ0) is 22.8.